The second-order valence-corrected chi connectivity index (χ2v) is 20.4. The van der Waals surface area contributed by atoms with Gasteiger partial charge in [-0.25, -0.2) is 0 Å². The van der Waals surface area contributed by atoms with E-state index in [1.807, 2.05) is 0 Å². The summed E-state index contributed by atoms with van der Waals surface area (Å²) < 4.78 is 2.52. The molecule has 1 aromatic heterocycles. The Bertz CT molecular complexity index is 3950. The molecule has 0 aliphatic heterocycles. The number of aromatic nitrogens is 1. The first-order valence-electron chi connectivity index (χ1n) is 24.0. The highest BCUT2D eigenvalue weighted by molar-refractivity contribution is 6.26. The van der Waals surface area contributed by atoms with E-state index in [1.165, 1.54) is 127 Å². The van der Waals surface area contributed by atoms with Crippen molar-refractivity contribution in [3.63, 3.8) is 0 Å². The minimum atomic E-state index is -0.184. The Morgan fingerprint density at radius 1 is 0.358 bits per heavy atom. The standard InChI is InChI=1S/C66H49N/c1-65(2)58-26-13-12-24-52(58)64-46(25-15-27-60(64)65)44-29-32-59-54(37-44)55-38-57-56-36-43(42-28-31-51-49-22-9-8-20-47(49)48-21-10-11-23-50(48)53(51)35-42)30-33-62(56)67(63(57)39-61(55)66(59,3)4)45-19-14-18-41(34-45)40-16-6-5-7-17-40/h5-39,52,58H,1-4H3. The van der Waals surface area contributed by atoms with Crippen LogP contribution in [-0.4, -0.2) is 4.57 Å². The quantitative estimate of drug-likeness (QED) is 0.155. The monoisotopic (exact) mass is 855 g/mol. The lowest BCUT2D eigenvalue weighted by molar-refractivity contribution is 0.394. The van der Waals surface area contributed by atoms with Crippen molar-refractivity contribution in [2.75, 3.05) is 0 Å². The third-order valence-corrected chi connectivity index (χ3v) is 16.3. The first kappa shape index (κ1) is 38.5. The molecule has 3 aliphatic carbocycles. The molecule has 0 saturated carbocycles. The van der Waals surface area contributed by atoms with Gasteiger partial charge in [-0.15, -0.1) is 0 Å². The third kappa shape index (κ3) is 5.43. The van der Waals surface area contributed by atoms with Crippen molar-refractivity contribution in [1.29, 1.82) is 0 Å². The zero-order valence-corrected chi connectivity index (χ0v) is 38.3. The Labute approximate surface area is 392 Å². The van der Waals surface area contributed by atoms with Crippen molar-refractivity contribution in [1.82, 2.24) is 4.57 Å². The molecule has 2 unspecified atom stereocenters. The van der Waals surface area contributed by atoms with Crippen LogP contribution < -0.4 is 0 Å². The van der Waals surface area contributed by atoms with Gasteiger partial charge in [-0.05, 0) is 159 Å². The molecule has 318 valence electrons. The molecule has 14 rings (SSSR count). The van der Waals surface area contributed by atoms with Gasteiger partial charge >= 0.3 is 0 Å². The van der Waals surface area contributed by atoms with Crippen LogP contribution in [0.5, 0.6) is 0 Å². The fourth-order valence-corrected chi connectivity index (χ4v) is 12.9. The summed E-state index contributed by atoms with van der Waals surface area (Å²) in [6, 6.07) is 71.3. The summed E-state index contributed by atoms with van der Waals surface area (Å²) in [4.78, 5) is 0. The van der Waals surface area contributed by atoms with Gasteiger partial charge in [0.1, 0.15) is 0 Å². The SMILES string of the molecule is CC1(C)c2ccc(-c3cccc4c3C3C=CC=CC3C4(C)C)cc2-c2cc3c4cc(-c5ccc6c7ccccc7c7ccccc7c6c5)ccc4n(-c4cccc(-c5ccccc5)c4)c3cc21. The Morgan fingerprint density at radius 3 is 1.73 bits per heavy atom. The van der Waals surface area contributed by atoms with Gasteiger partial charge in [-0.2, -0.15) is 0 Å². The average molecular weight is 856 g/mol. The van der Waals surface area contributed by atoms with E-state index in [0.717, 1.165) is 0 Å². The molecular weight excluding hydrogens is 807 g/mol. The van der Waals surface area contributed by atoms with Gasteiger partial charge in [0.05, 0.1) is 11.0 Å². The highest BCUT2D eigenvalue weighted by atomic mass is 15.0. The molecule has 10 aromatic carbocycles. The third-order valence-electron chi connectivity index (χ3n) is 16.3. The van der Waals surface area contributed by atoms with E-state index < -0.39 is 0 Å². The van der Waals surface area contributed by atoms with E-state index in [2.05, 4.69) is 245 Å². The molecule has 1 heteroatoms. The molecule has 2 atom stereocenters. The van der Waals surface area contributed by atoms with E-state index >= 15 is 0 Å². The Balaban J connectivity index is 0.994. The minimum Gasteiger partial charge on any atom is -0.309 e. The molecule has 0 N–H and O–H groups in total. The molecule has 0 bridgehead atoms. The van der Waals surface area contributed by atoms with Crippen LogP contribution in [0.3, 0.4) is 0 Å². The molecule has 0 saturated heterocycles. The van der Waals surface area contributed by atoms with Crippen LogP contribution in [0.2, 0.25) is 0 Å². The van der Waals surface area contributed by atoms with Crippen LogP contribution in [0.1, 0.15) is 55.9 Å². The van der Waals surface area contributed by atoms with Crippen LogP contribution in [-0.2, 0) is 10.8 Å². The fraction of sp³-hybridized carbons (Fsp3) is 0.121. The number of fused-ring (bicyclic) bond motifs is 15. The lowest BCUT2D eigenvalue weighted by Gasteiger charge is -2.29. The van der Waals surface area contributed by atoms with E-state index in [-0.39, 0.29) is 10.8 Å². The van der Waals surface area contributed by atoms with Gasteiger partial charge in [-0.3, -0.25) is 0 Å². The molecule has 67 heavy (non-hydrogen) atoms. The van der Waals surface area contributed by atoms with E-state index in [4.69, 9.17) is 0 Å². The number of hydrogen-bond acceptors (Lipinski definition) is 0. The van der Waals surface area contributed by atoms with E-state index in [9.17, 15) is 0 Å². The average Bonchev–Trinajstić information content (AvgIpc) is 3.91. The number of benzene rings is 10. The zero-order chi connectivity index (χ0) is 44.8. The van der Waals surface area contributed by atoms with Crippen LogP contribution >= 0.6 is 0 Å². The molecule has 11 aromatic rings. The van der Waals surface area contributed by atoms with Crippen molar-refractivity contribution < 1.29 is 0 Å². The van der Waals surface area contributed by atoms with Gasteiger partial charge < -0.3 is 4.57 Å². The largest absolute Gasteiger partial charge is 0.309 e. The Kier molecular flexibility index (Phi) is 7.99. The second-order valence-electron chi connectivity index (χ2n) is 20.4. The summed E-state index contributed by atoms with van der Waals surface area (Å²) in [5.41, 5.74) is 19.5. The summed E-state index contributed by atoms with van der Waals surface area (Å²) in [6.45, 7) is 9.70. The maximum atomic E-state index is 2.54. The van der Waals surface area contributed by atoms with Crippen molar-refractivity contribution in [3.05, 3.63) is 235 Å². The van der Waals surface area contributed by atoms with Gasteiger partial charge in [-0.1, -0.05) is 192 Å². The predicted octanol–water partition coefficient (Wildman–Crippen LogP) is 17.7. The predicted molar refractivity (Wildman–Crippen MR) is 285 cm³/mol. The van der Waals surface area contributed by atoms with Gasteiger partial charge in [0.25, 0.3) is 0 Å². The maximum absolute atomic E-state index is 2.54. The van der Waals surface area contributed by atoms with Crippen molar-refractivity contribution >= 4 is 54.1 Å². The lowest BCUT2D eigenvalue weighted by atomic mass is 9.74. The summed E-state index contributed by atoms with van der Waals surface area (Å²) in [7, 11) is 0. The van der Waals surface area contributed by atoms with Crippen LogP contribution in [0.15, 0.2) is 212 Å². The minimum absolute atomic E-state index is 0.0664. The number of hydrogen-bond donors (Lipinski definition) is 0. The summed E-state index contributed by atoms with van der Waals surface area (Å²) >= 11 is 0. The number of allylic oxidation sites excluding steroid dienone is 4. The molecular formula is C66H49N. The van der Waals surface area contributed by atoms with Gasteiger partial charge in [0, 0.05) is 27.8 Å². The normalized spacial score (nSPS) is 17.4. The Morgan fingerprint density at radius 2 is 0.955 bits per heavy atom. The molecule has 0 fully saturated rings. The van der Waals surface area contributed by atoms with Crippen LogP contribution in [0, 0.1) is 5.92 Å². The topological polar surface area (TPSA) is 4.93 Å². The molecule has 0 amide bonds. The number of rotatable bonds is 4. The lowest BCUT2D eigenvalue weighted by Crippen LogP contribution is -2.24. The summed E-state index contributed by atoms with van der Waals surface area (Å²) in [5, 5.41) is 10.3. The first-order valence-corrected chi connectivity index (χ1v) is 24.0. The molecule has 1 heterocycles. The van der Waals surface area contributed by atoms with Crippen molar-refractivity contribution in [2.24, 2.45) is 5.92 Å². The van der Waals surface area contributed by atoms with Gasteiger partial charge in [0.15, 0.2) is 0 Å². The van der Waals surface area contributed by atoms with E-state index in [0.29, 0.717) is 11.8 Å². The fourth-order valence-electron chi connectivity index (χ4n) is 12.9. The van der Waals surface area contributed by atoms with E-state index in [1.54, 1.807) is 0 Å². The molecule has 0 spiro atoms. The first-order chi connectivity index (χ1) is 32.7. The van der Waals surface area contributed by atoms with Crippen molar-refractivity contribution in [3.8, 4) is 50.2 Å². The number of nitrogens with zero attached hydrogens (tertiary/aromatic N) is 1. The van der Waals surface area contributed by atoms with Gasteiger partial charge in [0.2, 0.25) is 0 Å². The van der Waals surface area contributed by atoms with Crippen LogP contribution in [0.25, 0.3) is 104 Å². The smallest absolute Gasteiger partial charge is 0.0544 e. The molecule has 0 radical (unpaired) electrons. The molecule has 3 aliphatic rings. The summed E-state index contributed by atoms with van der Waals surface area (Å²) in [5.74, 6) is 0.838. The van der Waals surface area contributed by atoms with Crippen LogP contribution in [0.4, 0.5) is 0 Å². The molecule has 1 nitrogen and oxygen atoms in total. The highest BCUT2D eigenvalue weighted by Gasteiger charge is 2.46. The second kappa shape index (κ2) is 13.9. The maximum Gasteiger partial charge on any atom is 0.0544 e. The van der Waals surface area contributed by atoms with Crippen molar-refractivity contribution in [2.45, 2.75) is 44.4 Å². The zero-order valence-electron chi connectivity index (χ0n) is 38.3. The Hall–Kier alpha value is -7.74. The highest BCUT2D eigenvalue weighted by Crippen LogP contribution is 2.57. The summed E-state index contributed by atoms with van der Waals surface area (Å²) in [6.07, 6.45) is 9.37.